The maximum absolute atomic E-state index is 5.72. The van der Waals surface area contributed by atoms with Gasteiger partial charge in [0.05, 0.1) is 6.54 Å². The van der Waals surface area contributed by atoms with Crippen molar-refractivity contribution in [3.8, 4) is 23.3 Å². The summed E-state index contributed by atoms with van der Waals surface area (Å²) in [6, 6.07) is 17.6. The topological polar surface area (TPSA) is 12.5 Å². The fourth-order valence-electron chi connectivity index (χ4n) is 1.53. The smallest absolute Gasteiger partial charge is 0.127 e. The maximum Gasteiger partial charge on any atom is 0.127 e. The van der Waals surface area contributed by atoms with E-state index in [1.54, 1.807) is 0 Å². The Morgan fingerprint density at radius 1 is 0.895 bits per heavy atom. The van der Waals surface area contributed by atoms with Gasteiger partial charge in [-0.2, -0.15) is 0 Å². The van der Waals surface area contributed by atoms with Crippen molar-refractivity contribution in [2.75, 3.05) is 20.6 Å². The van der Waals surface area contributed by atoms with Crippen molar-refractivity contribution in [2.24, 2.45) is 0 Å². The van der Waals surface area contributed by atoms with Crippen molar-refractivity contribution in [3.63, 3.8) is 0 Å². The normalized spacial score (nSPS) is 9.84. The van der Waals surface area contributed by atoms with Crippen LogP contribution in [-0.2, 0) is 0 Å². The van der Waals surface area contributed by atoms with Crippen LogP contribution in [0, 0.1) is 11.8 Å². The van der Waals surface area contributed by atoms with Gasteiger partial charge in [0.1, 0.15) is 11.5 Å². The molecule has 2 aromatic carbocycles. The summed E-state index contributed by atoms with van der Waals surface area (Å²) >= 11 is 0. The summed E-state index contributed by atoms with van der Waals surface area (Å²) in [5.41, 5.74) is 1.00. The molecule has 2 rings (SSSR count). The van der Waals surface area contributed by atoms with Crippen LogP contribution in [0.4, 0.5) is 0 Å². The first kappa shape index (κ1) is 13.2. The Balaban J connectivity index is 2.00. The number of benzene rings is 2. The predicted octanol–water partition coefficient (Wildman–Crippen LogP) is 3.39. The highest BCUT2D eigenvalue weighted by Gasteiger charge is 1.95. The third-order valence-electron chi connectivity index (χ3n) is 2.46. The van der Waals surface area contributed by atoms with Crippen molar-refractivity contribution in [2.45, 2.75) is 0 Å². The van der Waals surface area contributed by atoms with Gasteiger partial charge in [0, 0.05) is 5.56 Å². The van der Waals surface area contributed by atoms with Gasteiger partial charge in [-0.15, -0.1) is 0 Å². The van der Waals surface area contributed by atoms with Gasteiger partial charge in [0.2, 0.25) is 0 Å². The van der Waals surface area contributed by atoms with E-state index in [1.807, 2.05) is 73.6 Å². The highest BCUT2D eigenvalue weighted by molar-refractivity contribution is 5.40. The zero-order chi connectivity index (χ0) is 13.5. The Morgan fingerprint density at radius 3 is 2.16 bits per heavy atom. The molecule has 0 spiro atoms. The molecule has 0 heterocycles. The molecule has 0 unspecified atom stereocenters. The lowest BCUT2D eigenvalue weighted by Gasteiger charge is -2.05. The molecule has 96 valence electrons. The Hall–Kier alpha value is -2.24. The Labute approximate surface area is 114 Å². The van der Waals surface area contributed by atoms with Crippen LogP contribution in [0.15, 0.2) is 54.6 Å². The molecule has 0 N–H and O–H groups in total. The molecule has 2 nitrogen and oxygen atoms in total. The minimum atomic E-state index is 0.766. The average molecular weight is 251 g/mol. The maximum atomic E-state index is 5.72. The van der Waals surface area contributed by atoms with Crippen LogP contribution in [0.25, 0.3) is 0 Å². The van der Waals surface area contributed by atoms with E-state index in [0.29, 0.717) is 0 Å². The summed E-state index contributed by atoms with van der Waals surface area (Å²) in [6.45, 7) is 0.766. The monoisotopic (exact) mass is 251 g/mol. The number of rotatable bonds is 3. The first-order valence-electron chi connectivity index (χ1n) is 6.20. The third-order valence-corrected chi connectivity index (χ3v) is 2.46. The van der Waals surface area contributed by atoms with Crippen molar-refractivity contribution < 1.29 is 4.74 Å². The molecule has 0 amide bonds. The van der Waals surface area contributed by atoms with Crippen LogP contribution in [0.2, 0.25) is 0 Å². The van der Waals surface area contributed by atoms with Gasteiger partial charge in [-0.05, 0) is 50.5 Å². The number of ether oxygens (including phenoxy) is 1. The van der Waals surface area contributed by atoms with E-state index in [1.165, 1.54) is 0 Å². The van der Waals surface area contributed by atoms with Gasteiger partial charge >= 0.3 is 0 Å². The van der Waals surface area contributed by atoms with Gasteiger partial charge in [-0.25, -0.2) is 0 Å². The number of nitrogens with zero attached hydrogens (tertiary/aromatic N) is 1. The van der Waals surface area contributed by atoms with E-state index in [0.717, 1.165) is 23.6 Å². The fourth-order valence-corrected chi connectivity index (χ4v) is 1.53. The summed E-state index contributed by atoms with van der Waals surface area (Å²) in [4.78, 5) is 2.04. The standard InChI is InChI=1S/C17H17NO/c1-18(2)14-6-7-15-10-12-17(13-11-15)19-16-8-4-3-5-9-16/h3-5,8-13H,14H2,1-2H3. The van der Waals surface area contributed by atoms with Gasteiger partial charge in [-0.3, -0.25) is 4.90 Å². The minimum Gasteiger partial charge on any atom is -0.457 e. The Bertz CT molecular complexity index is 562. The lowest BCUT2D eigenvalue weighted by atomic mass is 10.2. The molecule has 0 saturated carbocycles. The van der Waals surface area contributed by atoms with E-state index in [-0.39, 0.29) is 0 Å². The molecule has 2 heteroatoms. The van der Waals surface area contributed by atoms with Crippen LogP contribution in [0.5, 0.6) is 11.5 Å². The molecule has 0 aliphatic rings. The molecule has 19 heavy (non-hydrogen) atoms. The molecule has 0 aliphatic heterocycles. The molecule has 0 saturated heterocycles. The highest BCUT2D eigenvalue weighted by Crippen LogP contribution is 2.20. The fraction of sp³-hybridized carbons (Fsp3) is 0.176. The lowest BCUT2D eigenvalue weighted by molar-refractivity contribution is 0.464. The predicted molar refractivity (Wildman–Crippen MR) is 78.4 cm³/mol. The average Bonchev–Trinajstić information content (AvgIpc) is 2.42. The summed E-state index contributed by atoms with van der Waals surface area (Å²) in [5, 5.41) is 0. The lowest BCUT2D eigenvalue weighted by Crippen LogP contribution is -2.10. The molecular weight excluding hydrogens is 234 g/mol. The van der Waals surface area contributed by atoms with Gasteiger partial charge in [0.25, 0.3) is 0 Å². The van der Waals surface area contributed by atoms with Gasteiger partial charge in [0.15, 0.2) is 0 Å². The van der Waals surface area contributed by atoms with E-state index in [9.17, 15) is 0 Å². The molecule has 0 radical (unpaired) electrons. The zero-order valence-corrected chi connectivity index (χ0v) is 11.3. The van der Waals surface area contributed by atoms with Crippen molar-refractivity contribution in [1.82, 2.24) is 4.90 Å². The number of hydrogen-bond acceptors (Lipinski definition) is 2. The van der Waals surface area contributed by atoms with Gasteiger partial charge < -0.3 is 4.74 Å². The molecule has 2 aromatic rings. The largest absolute Gasteiger partial charge is 0.457 e. The quantitative estimate of drug-likeness (QED) is 0.775. The summed E-state index contributed by atoms with van der Waals surface area (Å²) in [7, 11) is 4.01. The van der Waals surface area contributed by atoms with Crippen LogP contribution in [-0.4, -0.2) is 25.5 Å². The Morgan fingerprint density at radius 2 is 1.53 bits per heavy atom. The molecule has 0 bridgehead atoms. The van der Waals surface area contributed by atoms with E-state index >= 15 is 0 Å². The molecule has 0 aromatic heterocycles. The molecule has 0 aliphatic carbocycles. The second kappa shape index (κ2) is 6.63. The van der Waals surface area contributed by atoms with Crippen LogP contribution in [0.3, 0.4) is 0 Å². The van der Waals surface area contributed by atoms with E-state index in [4.69, 9.17) is 4.74 Å². The summed E-state index contributed by atoms with van der Waals surface area (Å²) in [6.07, 6.45) is 0. The second-order valence-electron chi connectivity index (χ2n) is 4.48. The van der Waals surface area contributed by atoms with Crippen molar-refractivity contribution in [1.29, 1.82) is 0 Å². The zero-order valence-electron chi connectivity index (χ0n) is 11.3. The summed E-state index contributed by atoms with van der Waals surface area (Å²) in [5.74, 6) is 7.89. The molecule has 0 atom stereocenters. The minimum absolute atomic E-state index is 0.766. The third kappa shape index (κ3) is 4.50. The number of para-hydroxylation sites is 1. The van der Waals surface area contributed by atoms with Crippen molar-refractivity contribution in [3.05, 3.63) is 60.2 Å². The van der Waals surface area contributed by atoms with Crippen LogP contribution in [0.1, 0.15) is 5.56 Å². The summed E-state index contributed by atoms with van der Waals surface area (Å²) < 4.78 is 5.72. The highest BCUT2D eigenvalue weighted by atomic mass is 16.5. The van der Waals surface area contributed by atoms with E-state index in [2.05, 4.69) is 11.8 Å². The first-order valence-corrected chi connectivity index (χ1v) is 6.20. The molecule has 0 fully saturated rings. The Kier molecular flexibility index (Phi) is 4.60. The number of hydrogen-bond donors (Lipinski definition) is 0. The first-order chi connectivity index (χ1) is 9.24. The molecular formula is C17H17NO. The van der Waals surface area contributed by atoms with E-state index < -0.39 is 0 Å². The van der Waals surface area contributed by atoms with Gasteiger partial charge in [-0.1, -0.05) is 30.0 Å². The van der Waals surface area contributed by atoms with Crippen LogP contribution < -0.4 is 4.74 Å². The SMILES string of the molecule is CN(C)CC#Cc1ccc(Oc2ccccc2)cc1. The van der Waals surface area contributed by atoms with Crippen LogP contribution >= 0.6 is 0 Å². The van der Waals surface area contributed by atoms with Crippen molar-refractivity contribution >= 4 is 0 Å². The second-order valence-corrected chi connectivity index (χ2v) is 4.48.